The van der Waals surface area contributed by atoms with Crippen molar-refractivity contribution in [3.05, 3.63) is 29.6 Å². The molecule has 1 heterocycles. The molecule has 2 rings (SSSR count). The molecule has 1 aliphatic rings. The van der Waals surface area contributed by atoms with Crippen molar-refractivity contribution in [3.63, 3.8) is 0 Å². The zero-order chi connectivity index (χ0) is 11.4. The van der Waals surface area contributed by atoms with Crippen LogP contribution in [0.3, 0.4) is 0 Å². The van der Waals surface area contributed by atoms with Crippen molar-refractivity contribution in [1.29, 1.82) is 0 Å². The van der Waals surface area contributed by atoms with Crippen LogP contribution in [-0.4, -0.2) is 18.6 Å². The second-order valence-corrected chi connectivity index (χ2v) is 4.92. The van der Waals surface area contributed by atoms with Gasteiger partial charge in [0.25, 0.3) is 0 Å². The van der Waals surface area contributed by atoms with Crippen LogP contribution in [0, 0.1) is 5.92 Å². The first-order valence-corrected chi connectivity index (χ1v) is 6.41. The molecule has 0 spiro atoms. The minimum absolute atomic E-state index is 0.679. The van der Waals surface area contributed by atoms with Gasteiger partial charge in [0, 0.05) is 17.8 Å². The highest BCUT2D eigenvalue weighted by atomic mass is 14.8. The highest BCUT2D eigenvalue weighted by Gasteiger charge is 2.25. The maximum Gasteiger partial charge on any atom is 0.0469 e. The summed E-state index contributed by atoms with van der Waals surface area (Å²) in [5, 5.41) is 3.24. The monoisotopic (exact) mass is 218 g/mol. The molecule has 1 N–H and O–H groups in total. The Labute approximate surface area is 98.5 Å². The summed E-state index contributed by atoms with van der Waals surface area (Å²) in [6.45, 7) is 3.48. The summed E-state index contributed by atoms with van der Waals surface area (Å²) in [6.07, 6.45) is 7.06. The van der Waals surface area contributed by atoms with E-state index in [9.17, 15) is 0 Å². The standard InChI is InChI=1S/C14H22N2/c1-11(8-10-15-2)13-7-3-5-12-6-4-9-16-14(12)13/h4,6,9,11,13,15H,3,5,7-8,10H2,1-2H3. The van der Waals surface area contributed by atoms with Crippen LogP contribution in [0.25, 0.3) is 0 Å². The Balaban J connectivity index is 2.12. The van der Waals surface area contributed by atoms with Crippen LogP contribution in [0.1, 0.15) is 43.4 Å². The van der Waals surface area contributed by atoms with Gasteiger partial charge in [-0.25, -0.2) is 0 Å². The van der Waals surface area contributed by atoms with Gasteiger partial charge < -0.3 is 5.32 Å². The summed E-state index contributed by atoms with van der Waals surface area (Å²) in [5.74, 6) is 1.42. The lowest BCUT2D eigenvalue weighted by Gasteiger charge is -2.29. The fourth-order valence-electron chi connectivity index (χ4n) is 2.77. The molecule has 1 aromatic rings. The number of hydrogen-bond acceptors (Lipinski definition) is 2. The van der Waals surface area contributed by atoms with Gasteiger partial charge in [0.15, 0.2) is 0 Å². The van der Waals surface area contributed by atoms with Crippen molar-refractivity contribution in [2.45, 2.75) is 38.5 Å². The van der Waals surface area contributed by atoms with E-state index in [-0.39, 0.29) is 0 Å². The molecule has 2 nitrogen and oxygen atoms in total. The maximum atomic E-state index is 4.61. The lowest BCUT2D eigenvalue weighted by Crippen LogP contribution is -2.21. The third-order valence-corrected chi connectivity index (χ3v) is 3.78. The smallest absolute Gasteiger partial charge is 0.0469 e. The molecule has 2 heteroatoms. The van der Waals surface area contributed by atoms with Crippen LogP contribution in [0.5, 0.6) is 0 Å². The first kappa shape index (κ1) is 11.6. The molecular weight excluding hydrogens is 196 g/mol. The molecule has 88 valence electrons. The third kappa shape index (κ3) is 2.43. The number of aromatic nitrogens is 1. The summed E-state index contributed by atoms with van der Waals surface area (Å²) < 4.78 is 0. The van der Waals surface area contributed by atoms with E-state index in [1.165, 1.54) is 36.9 Å². The molecule has 0 bridgehead atoms. The summed E-state index contributed by atoms with van der Waals surface area (Å²) in [4.78, 5) is 4.61. The quantitative estimate of drug-likeness (QED) is 0.840. The van der Waals surface area contributed by atoms with Gasteiger partial charge in [-0.1, -0.05) is 13.0 Å². The van der Waals surface area contributed by atoms with E-state index in [1.807, 2.05) is 13.2 Å². The Hall–Kier alpha value is -0.890. The number of rotatable bonds is 4. The Morgan fingerprint density at radius 1 is 1.56 bits per heavy atom. The van der Waals surface area contributed by atoms with E-state index in [1.54, 1.807) is 0 Å². The fourth-order valence-corrected chi connectivity index (χ4v) is 2.77. The van der Waals surface area contributed by atoms with Crippen LogP contribution in [-0.2, 0) is 6.42 Å². The minimum Gasteiger partial charge on any atom is -0.320 e. The lowest BCUT2D eigenvalue weighted by atomic mass is 9.78. The van der Waals surface area contributed by atoms with E-state index in [0.717, 1.165) is 12.5 Å². The molecule has 16 heavy (non-hydrogen) atoms. The highest BCUT2D eigenvalue weighted by Crippen LogP contribution is 2.36. The number of aryl methyl sites for hydroxylation is 1. The van der Waals surface area contributed by atoms with Gasteiger partial charge >= 0.3 is 0 Å². The van der Waals surface area contributed by atoms with Gasteiger partial charge in [0.2, 0.25) is 0 Å². The average Bonchev–Trinajstić information content (AvgIpc) is 2.35. The first-order chi connectivity index (χ1) is 7.83. The zero-order valence-electron chi connectivity index (χ0n) is 10.4. The highest BCUT2D eigenvalue weighted by molar-refractivity contribution is 5.26. The van der Waals surface area contributed by atoms with Crippen LogP contribution >= 0.6 is 0 Å². The number of nitrogens with one attached hydrogen (secondary N) is 1. The maximum absolute atomic E-state index is 4.61. The first-order valence-electron chi connectivity index (χ1n) is 6.41. The number of fused-ring (bicyclic) bond motifs is 1. The third-order valence-electron chi connectivity index (χ3n) is 3.78. The van der Waals surface area contributed by atoms with Crippen molar-refractivity contribution in [2.75, 3.05) is 13.6 Å². The molecule has 0 saturated carbocycles. The summed E-state index contributed by atoms with van der Waals surface area (Å²) in [7, 11) is 2.03. The summed E-state index contributed by atoms with van der Waals surface area (Å²) in [6, 6.07) is 4.32. The van der Waals surface area contributed by atoms with Crippen molar-refractivity contribution in [1.82, 2.24) is 10.3 Å². The van der Waals surface area contributed by atoms with E-state index in [2.05, 4.69) is 29.4 Å². The second kappa shape index (κ2) is 5.44. The molecule has 0 radical (unpaired) electrons. The summed E-state index contributed by atoms with van der Waals surface area (Å²) in [5.41, 5.74) is 2.85. The molecule has 0 amide bonds. The predicted molar refractivity (Wildman–Crippen MR) is 67.6 cm³/mol. The largest absolute Gasteiger partial charge is 0.320 e. The minimum atomic E-state index is 0.679. The Morgan fingerprint density at radius 3 is 3.25 bits per heavy atom. The molecule has 0 fully saturated rings. The van der Waals surface area contributed by atoms with Gasteiger partial charge in [-0.15, -0.1) is 0 Å². The summed E-state index contributed by atoms with van der Waals surface area (Å²) >= 11 is 0. The van der Waals surface area contributed by atoms with Crippen LogP contribution in [0.4, 0.5) is 0 Å². The molecule has 2 atom stereocenters. The van der Waals surface area contributed by atoms with E-state index in [0.29, 0.717) is 5.92 Å². The van der Waals surface area contributed by atoms with Gasteiger partial charge in [0.1, 0.15) is 0 Å². The molecule has 0 aromatic carbocycles. The van der Waals surface area contributed by atoms with Gasteiger partial charge in [-0.2, -0.15) is 0 Å². The number of nitrogens with zero attached hydrogens (tertiary/aromatic N) is 1. The number of hydrogen-bond donors (Lipinski definition) is 1. The fraction of sp³-hybridized carbons (Fsp3) is 0.643. The average molecular weight is 218 g/mol. The molecule has 1 aromatic heterocycles. The normalized spacial score (nSPS) is 21.5. The number of pyridine rings is 1. The van der Waals surface area contributed by atoms with Crippen molar-refractivity contribution in [2.24, 2.45) is 5.92 Å². The Kier molecular flexibility index (Phi) is 3.94. The molecule has 0 saturated heterocycles. The lowest BCUT2D eigenvalue weighted by molar-refractivity contribution is 0.373. The topological polar surface area (TPSA) is 24.9 Å². The second-order valence-electron chi connectivity index (χ2n) is 4.92. The van der Waals surface area contributed by atoms with E-state index in [4.69, 9.17) is 0 Å². The Morgan fingerprint density at radius 2 is 2.44 bits per heavy atom. The van der Waals surface area contributed by atoms with Crippen molar-refractivity contribution in [3.8, 4) is 0 Å². The van der Waals surface area contributed by atoms with Crippen LogP contribution < -0.4 is 5.32 Å². The van der Waals surface area contributed by atoms with Crippen LogP contribution in [0.2, 0.25) is 0 Å². The molecule has 0 aliphatic heterocycles. The zero-order valence-corrected chi connectivity index (χ0v) is 10.4. The van der Waals surface area contributed by atoms with Gasteiger partial charge in [0.05, 0.1) is 0 Å². The van der Waals surface area contributed by atoms with Crippen molar-refractivity contribution >= 4 is 0 Å². The van der Waals surface area contributed by atoms with E-state index >= 15 is 0 Å². The van der Waals surface area contributed by atoms with Gasteiger partial charge in [-0.05, 0) is 56.8 Å². The predicted octanol–water partition coefficient (Wildman–Crippen LogP) is 2.75. The van der Waals surface area contributed by atoms with Crippen molar-refractivity contribution < 1.29 is 0 Å². The SMILES string of the molecule is CNCCC(C)C1CCCc2cccnc21. The van der Waals surface area contributed by atoms with E-state index < -0.39 is 0 Å². The van der Waals surface area contributed by atoms with Crippen LogP contribution in [0.15, 0.2) is 18.3 Å². The molecular formula is C14H22N2. The Bertz CT molecular complexity index is 335. The van der Waals surface area contributed by atoms with Gasteiger partial charge in [-0.3, -0.25) is 4.98 Å². The molecule has 1 aliphatic carbocycles. The molecule has 2 unspecified atom stereocenters.